The summed E-state index contributed by atoms with van der Waals surface area (Å²) in [6, 6.07) is 31.6. The highest BCUT2D eigenvalue weighted by Crippen LogP contribution is 2.40. The van der Waals surface area contributed by atoms with Gasteiger partial charge in [-0.25, -0.2) is 0 Å². The summed E-state index contributed by atoms with van der Waals surface area (Å²) >= 11 is 0. The number of rotatable bonds is 24. The average Bonchev–Trinajstić information content (AvgIpc) is 3.26. The second-order valence-electron chi connectivity index (χ2n) is 13.3. The first-order valence-corrected chi connectivity index (χ1v) is 21.2. The number of anilines is 3. The predicted octanol–water partition coefficient (Wildman–Crippen LogP) is 12.3. The molecular formula is C49H75NO8. The van der Waals surface area contributed by atoms with Crippen LogP contribution in [0.25, 0.3) is 11.1 Å². The Morgan fingerprint density at radius 3 is 1.53 bits per heavy atom. The van der Waals surface area contributed by atoms with Crippen LogP contribution in [0.5, 0.6) is 11.5 Å². The highest BCUT2D eigenvalue weighted by molar-refractivity contribution is 5.80. The SMILES string of the molecule is CC.CC.CC.CCCOCCOCCOOc1cc(-c2ccc(N(c3ccccc3)c3ccc(C(C)(C)C)cc3)cc2)c(OCCOCCOCCOC)cc1C. The van der Waals surface area contributed by atoms with Crippen molar-refractivity contribution in [2.75, 3.05) is 84.7 Å². The van der Waals surface area contributed by atoms with Crippen molar-refractivity contribution in [1.29, 1.82) is 0 Å². The number of methoxy groups -OCH3 is 1. The van der Waals surface area contributed by atoms with Gasteiger partial charge in [0.15, 0.2) is 5.75 Å². The Labute approximate surface area is 351 Å². The van der Waals surface area contributed by atoms with Crippen molar-refractivity contribution < 1.29 is 38.2 Å². The van der Waals surface area contributed by atoms with Crippen LogP contribution in [0.4, 0.5) is 17.1 Å². The summed E-state index contributed by atoms with van der Waals surface area (Å²) in [6.07, 6.45) is 0.990. The Kier molecular flexibility index (Phi) is 28.7. The number of hydrogen-bond acceptors (Lipinski definition) is 9. The van der Waals surface area contributed by atoms with Gasteiger partial charge in [-0.15, -0.1) is 0 Å². The lowest BCUT2D eigenvalue weighted by Crippen LogP contribution is -2.13. The lowest BCUT2D eigenvalue weighted by atomic mass is 9.87. The number of hydrogen-bond donors (Lipinski definition) is 0. The zero-order chi connectivity index (χ0) is 43.0. The lowest BCUT2D eigenvalue weighted by Gasteiger charge is -2.27. The van der Waals surface area contributed by atoms with E-state index in [0.29, 0.717) is 65.2 Å². The number of ether oxygens (including phenoxy) is 6. The van der Waals surface area contributed by atoms with E-state index in [1.54, 1.807) is 7.11 Å². The van der Waals surface area contributed by atoms with Crippen LogP contribution >= 0.6 is 0 Å². The molecule has 0 amide bonds. The van der Waals surface area contributed by atoms with Crippen LogP contribution in [0.15, 0.2) is 91.0 Å². The van der Waals surface area contributed by atoms with Crippen LogP contribution in [0.2, 0.25) is 0 Å². The van der Waals surface area contributed by atoms with Crippen molar-refractivity contribution in [1.82, 2.24) is 0 Å². The van der Waals surface area contributed by atoms with E-state index in [-0.39, 0.29) is 12.0 Å². The first kappa shape index (κ1) is 52.1. The molecule has 0 heterocycles. The molecule has 0 saturated carbocycles. The third-order valence-corrected chi connectivity index (χ3v) is 8.19. The van der Waals surface area contributed by atoms with E-state index in [4.69, 9.17) is 38.2 Å². The highest BCUT2D eigenvalue weighted by atomic mass is 17.2. The smallest absolute Gasteiger partial charge is 0.169 e. The van der Waals surface area contributed by atoms with Crippen molar-refractivity contribution in [3.8, 4) is 22.6 Å². The lowest BCUT2D eigenvalue weighted by molar-refractivity contribution is -0.215. The molecule has 0 aliphatic heterocycles. The van der Waals surface area contributed by atoms with Crippen molar-refractivity contribution in [2.24, 2.45) is 0 Å². The minimum Gasteiger partial charge on any atom is -0.491 e. The van der Waals surface area contributed by atoms with Crippen molar-refractivity contribution in [2.45, 2.75) is 88.0 Å². The number of para-hydroxylation sites is 1. The second-order valence-corrected chi connectivity index (χ2v) is 13.3. The van der Waals surface area contributed by atoms with E-state index in [1.165, 1.54) is 5.56 Å². The number of benzene rings is 4. The first-order chi connectivity index (χ1) is 28.3. The van der Waals surface area contributed by atoms with Gasteiger partial charge in [-0.1, -0.05) is 112 Å². The molecule has 0 aliphatic carbocycles. The molecule has 0 aliphatic rings. The van der Waals surface area contributed by atoms with Gasteiger partial charge in [-0.3, -0.25) is 0 Å². The summed E-state index contributed by atoms with van der Waals surface area (Å²) in [6.45, 7) is 28.2. The van der Waals surface area contributed by atoms with Gasteiger partial charge in [0.2, 0.25) is 0 Å². The van der Waals surface area contributed by atoms with Gasteiger partial charge in [0.1, 0.15) is 19.0 Å². The first-order valence-electron chi connectivity index (χ1n) is 21.2. The Balaban J connectivity index is 0.00000267. The van der Waals surface area contributed by atoms with Crippen LogP contribution in [0, 0.1) is 6.92 Å². The van der Waals surface area contributed by atoms with Crippen LogP contribution in [0.3, 0.4) is 0 Å². The molecular weight excluding hydrogens is 731 g/mol. The molecule has 0 atom stereocenters. The molecule has 0 saturated heterocycles. The van der Waals surface area contributed by atoms with Crippen LogP contribution in [-0.4, -0.2) is 79.8 Å². The monoisotopic (exact) mass is 806 g/mol. The molecule has 0 fully saturated rings. The maximum absolute atomic E-state index is 6.30. The van der Waals surface area contributed by atoms with Gasteiger partial charge in [0.25, 0.3) is 0 Å². The van der Waals surface area contributed by atoms with Crippen molar-refractivity contribution >= 4 is 17.1 Å². The van der Waals surface area contributed by atoms with E-state index in [0.717, 1.165) is 52.5 Å². The molecule has 0 unspecified atom stereocenters. The Morgan fingerprint density at radius 1 is 0.517 bits per heavy atom. The van der Waals surface area contributed by atoms with Crippen molar-refractivity contribution in [3.63, 3.8) is 0 Å². The minimum atomic E-state index is 0.0703. The molecule has 4 aromatic carbocycles. The van der Waals surface area contributed by atoms with Gasteiger partial charge in [-0.2, -0.15) is 4.89 Å². The van der Waals surface area contributed by atoms with Gasteiger partial charge >= 0.3 is 0 Å². The molecule has 0 spiro atoms. The third kappa shape index (κ3) is 19.2. The number of aryl methyl sites for hydroxylation is 1. The molecule has 0 N–H and O–H groups in total. The zero-order valence-corrected chi connectivity index (χ0v) is 37.9. The fourth-order valence-electron chi connectivity index (χ4n) is 5.36. The summed E-state index contributed by atoms with van der Waals surface area (Å²) in [5, 5.41) is 0. The predicted molar refractivity (Wildman–Crippen MR) is 242 cm³/mol. The fraction of sp³-hybridized carbons (Fsp3) is 0.510. The fourth-order valence-corrected chi connectivity index (χ4v) is 5.36. The van der Waals surface area contributed by atoms with E-state index in [1.807, 2.05) is 66.7 Å². The van der Waals surface area contributed by atoms with E-state index >= 15 is 0 Å². The minimum absolute atomic E-state index is 0.0703. The van der Waals surface area contributed by atoms with E-state index in [2.05, 4.69) is 105 Å². The average molecular weight is 806 g/mol. The quantitative estimate of drug-likeness (QED) is 0.0391. The van der Waals surface area contributed by atoms with E-state index in [9.17, 15) is 0 Å². The molecule has 4 aromatic rings. The van der Waals surface area contributed by atoms with Crippen molar-refractivity contribution in [3.05, 3.63) is 102 Å². The maximum atomic E-state index is 6.30. The molecule has 4 rings (SSSR count). The molecule has 9 nitrogen and oxygen atoms in total. The Bertz CT molecular complexity index is 1560. The Morgan fingerprint density at radius 2 is 1.00 bits per heavy atom. The van der Waals surface area contributed by atoms with Gasteiger partial charge in [0.05, 0.1) is 52.9 Å². The summed E-state index contributed by atoms with van der Waals surface area (Å²) in [5.74, 6) is 1.33. The second kappa shape index (κ2) is 32.0. The Hall–Kier alpha value is -3.96. The van der Waals surface area contributed by atoms with Gasteiger partial charge in [-0.05, 0) is 84.0 Å². The summed E-state index contributed by atoms with van der Waals surface area (Å²) in [5.41, 5.74) is 7.29. The molecule has 0 radical (unpaired) electrons. The topological polar surface area (TPSA) is 77.1 Å². The van der Waals surface area contributed by atoms with Crippen LogP contribution < -0.4 is 14.5 Å². The van der Waals surface area contributed by atoms with Gasteiger partial charge in [0, 0.05) is 36.3 Å². The summed E-state index contributed by atoms with van der Waals surface area (Å²) in [4.78, 5) is 13.6. The molecule has 324 valence electrons. The number of nitrogens with zero attached hydrogens (tertiary/aromatic N) is 1. The van der Waals surface area contributed by atoms with Gasteiger partial charge < -0.3 is 38.2 Å². The third-order valence-electron chi connectivity index (χ3n) is 8.19. The highest BCUT2D eigenvalue weighted by Gasteiger charge is 2.18. The molecule has 9 heteroatoms. The van der Waals surface area contributed by atoms with Crippen LogP contribution in [0.1, 0.15) is 86.8 Å². The molecule has 0 bridgehead atoms. The maximum Gasteiger partial charge on any atom is 0.169 e. The summed E-state index contributed by atoms with van der Waals surface area (Å²) < 4.78 is 33.6. The standard InChI is InChI=1S/C43H57NO8.3C2H6/c1-7-21-46-24-25-49-29-31-51-52-41-33-40(42(32-34(41)2)50-30-28-48-27-26-47-23-22-45-6)35-13-17-38(18-14-35)44(37-11-9-8-10-12-37)39-19-15-36(16-20-39)43(3,4)5;3*1-2/h8-20,32-33H,7,21-31H2,1-6H3;3*1-2H3. The molecule has 0 aromatic heterocycles. The molecule has 58 heavy (non-hydrogen) atoms. The van der Waals surface area contributed by atoms with Crippen LogP contribution in [-0.2, 0) is 34.0 Å². The normalized spacial score (nSPS) is 10.6. The summed E-state index contributed by atoms with van der Waals surface area (Å²) in [7, 11) is 1.65. The largest absolute Gasteiger partial charge is 0.491 e. The van der Waals surface area contributed by atoms with E-state index < -0.39 is 0 Å². The zero-order valence-electron chi connectivity index (χ0n) is 37.9.